The first kappa shape index (κ1) is 20.9. The third-order valence-electron chi connectivity index (χ3n) is 4.66. The molecule has 1 aromatic rings. The molecule has 0 unspecified atom stereocenters. The molecular formula is C20H28N2O5. The molecule has 7 heteroatoms. The Hall–Kier alpha value is -2.41. The Kier molecular flexibility index (Phi) is 8.77. The molecule has 7 nitrogen and oxygen atoms in total. The van der Waals surface area contributed by atoms with Gasteiger partial charge in [-0.1, -0.05) is 43.2 Å². The number of nitrogens with one attached hydrogen (secondary N) is 1. The fourth-order valence-corrected chi connectivity index (χ4v) is 3.22. The summed E-state index contributed by atoms with van der Waals surface area (Å²) in [4.78, 5) is 41.6. The largest absolute Gasteiger partial charge is 0.481 e. The lowest BCUT2D eigenvalue weighted by molar-refractivity contribution is -0.137. The van der Waals surface area contributed by atoms with E-state index in [1.807, 2.05) is 35.2 Å². The van der Waals surface area contributed by atoms with Crippen LogP contribution < -0.4 is 5.48 Å². The Bertz CT molecular complexity index is 620. The van der Waals surface area contributed by atoms with Crippen LogP contribution in [0.4, 0.5) is 0 Å². The molecule has 0 aromatic heterocycles. The lowest BCUT2D eigenvalue weighted by Crippen LogP contribution is -2.39. The number of hydrogen-bond acceptors (Lipinski definition) is 4. The fraction of sp³-hybridized carbons (Fsp3) is 0.550. The van der Waals surface area contributed by atoms with Crippen LogP contribution in [0.25, 0.3) is 0 Å². The number of unbranched alkanes of at least 4 members (excludes halogenated alkanes) is 3. The number of benzene rings is 1. The molecule has 0 saturated carbocycles. The van der Waals surface area contributed by atoms with E-state index in [0.717, 1.165) is 31.2 Å². The SMILES string of the molecule is O=C(O)CCCCCCN1C(=O)CC[C@@H]1CONC(=O)Cc1ccccc1. The number of nitrogens with zero attached hydrogens (tertiary/aromatic N) is 1. The van der Waals surface area contributed by atoms with Crippen LogP contribution in [-0.2, 0) is 25.6 Å². The normalized spacial score (nSPS) is 16.5. The summed E-state index contributed by atoms with van der Waals surface area (Å²) >= 11 is 0. The number of aliphatic carboxylic acids is 1. The van der Waals surface area contributed by atoms with E-state index in [-0.39, 0.29) is 37.3 Å². The van der Waals surface area contributed by atoms with Gasteiger partial charge in [-0.15, -0.1) is 0 Å². The van der Waals surface area contributed by atoms with Gasteiger partial charge in [0.15, 0.2) is 0 Å². The summed E-state index contributed by atoms with van der Waals surface area (Å²) in [7, 11) is 0. The predicted octanol–water partition coefficient (Wildman–Crippen LogP) is 2.30. The Labute approximate surface area is 159 Å². The third kappa shape index (κ3) is 7.78. The quantitative estimate of drug-likeness (QED) is 0.431. The van der Waals surface area contributed by atoms with Crippen molar-refractivity contribution in [1.82, 2.24) is 10.4 Å². The summed E-state index contributed by atoms with van der Waals surface area (Å²) < 4.78 is 0. The van der Waals surface area contributed by atoms with Crippen LogP contribution in [0.2, 0.25) is 0 Å². The minimum Gasteiger partial charge on any atom is -0.481 e. The highest BCUT2D eigenvalue weighted by atomic mass is 16.7. The average Bonchev–Trinajstić information content (AvgIpc) is 2.98. The Balaban J connectivity index is 1.63. The molecule has 1 heterocycles. The van der Waals surface area contributed by atoms with Crippen LogP contribution in [-0.4, -0.2) is 47.0 Å². The highest BCUT2D eigenvalue weighted by Gasteiger charge is 2.30. The van der Waals surface area contributed by atoms with Crippen LogP contribution >= 0.6 is 0 Å². The zero-order valence-corrected chi connectivity index (χ0v) is 15.6. The standard InChI is InChI=1S/C20H28N2O5/c23-18(14-16-8-4-3-5-9-16)21-27-15-17-11-12-19(24)22(17)13-7-2-1-6-10-20(25)26/h3-5,8-9,17H,1-2,6-7,10-15H2,(H,21,23)(H,25,26)/t17-/m1/s1. The van der Waals surface area contributed by atoms with E-state index in [1.165, 1.54) is 0 Å². The van der Waals surface area contributed by atoms with Gasteiger partial charge in [0, 0.05) is 19.4 Å². The Morgan fingerprint density at radius 2 is 1.89 bits per heavy atom. The summed E-state index contributed by atoms with van der Waals surface area (Å²) in [6, 6.07) is 9.41. The predicted molar refractivity (Wildman–Crippen MR) is 99.7 cm³/mol. The topological polar surface area (TPSA) is 95.9 Å². The maximum absolute atomic E-state index is 12.0. The molecule has 148 valence electrons. The van der Waals surface area contributed by atoms with Crippen molar-refractivity contribution < 1.29 is 24.3 Å². The Morgan fingerprint density at radius 1 is 1.15 bits per heavy atom. The van der Waals surface area contributed by atoms with Crippen LogP contribution in [0.3, 0.4) is 0 Å². The van der Waals surface area contributed by atoms with Gasteiger partial charge in [-0.2, -0.15) is 0 Å². The van der Waals surface area contributed by atoms with Crippen molar-refractivity contribution in [2.45, 2.75) is 57.4 Å². The van der Waals surface area contributed by atoms with Gasteiger partial charge < -0.3 is 10.0 Å². The molecule has 1 aromatic carbocycles. The average molecular weight is 376 g/mol. The number of carbonyl (C=O) groups excluding carboxylic acids is 2. The van der Waals surface area contributed by atoms with Gasteiger partial charge in [0.2, 0.25) is 11.8 Å². The van der Waals surface area contributed by atoms with E-state index in [9.17, 15) is 14.4 Å². The van der Waals surface area contributed by atoms with Crippen LogP contribution in [0, 0.1) is 0 Å². The van der Waals surface area contributed by atoms with Crippen molar-refractivity contribution in [1.29, 1.82) is 0 Å². The smallest absolute Gasteiger partial charge is 0.303 e. The molecule has 2 amide bonds. The molecule has 0 spiro atoms. The highest BCUT2D eigenvalue weighted by Crippen LogP contribution is 2.20. The number of rotatable bonds is 12. The fourth-order valence-electron chi connectivity index (χ4n) is 3.22. The molecule has 1 saturated heterocycles. The van der Waals surface area contributed by atoms with Crippen molar-refractivity contribution in [2.75, 3.05) is 13.2 Å². The second kappa shape index (κ2) is 11.3. The summed E-state index contributed by atoms with van der Waals surface area (Å²) in [5, 5.41) is 8.62. The molecule has 0 radical (unpaired) electrons. The molecule has 1 fully saturated rings. The molecule has 1 aliphatic rings. The van der Waals surface area contributed by atoms with Gasteiger partial charge >= 0.3 is 5.97 Å². The molecule has 2 N–H and O–H groups in total. The van der Waals surface area contributed by atoms with E-state index in [2.05, 4.69) is 5.48 Å². The molecule has 1 aliphatic heterocycles. The van der Waals surface area contributed by atoms with Crippen molar-refractivity contribution >= 4 is 17.8 Å². The van der Waals surface area contributed by atoms with Crippen LogP contribution in [0.15, 0.2) is 30.3 Å². The first-order valence-electron chi connectivity index (χ1n) is 9.52. The lowest BCUT2D eigenvalue weighted by Gasteiger charge is -2.24. The zero-order chi connectivity index (χ0) is 19.5. The van der Waals surface area contributed by atoms with Crippen molar-refractivity contribution in [3.63, 3.8) is 0 Å². The monoisotopic (exact) mass is 376 g/mol. The minimum atomic E-state index is -0.767. The summed E-state index contributed by atoms with van der Waals surface area (Å²) in [5.41, 5.74) is 3.37. The molecular weight excluding hydrogens is 348 g/mol. The third-order valence-corrected chi connectivity index (χ3v) is 4.66. The van der Waals surface area contributed by atoms with Gasteiger partial charge in [0.1, 0.15) is 0 Å². The summed E-state index contributed by atoms with van der Waals surface area (Å²) in [6.45, 7) is 0.934. The van der Waals surface area contributed by atoms with Crippen molar-refractivity contribution in [3.05, 3.63) is 35.9 Å². The second-order valence-electron chi connectivity index (χ2n) is 6.84. The van der Waals surface area contributed by atoms with Crippen LogP contribution in [0.1, 0.15) is 50.5 Å². The van der Waals surface area contributed by atoms with E-state index in [0.29, 0.717) is 19.4 Å². The van der Waals surface area contributed by atoms with Gasteiger partial charge in [0.25, 0.3) is 0 Å². The number of carbonyl (C=O) groups is 3. The first-order valence-corrected chi connectivity index (χ1v) is 9.52. The Morgan fingerprint density at radius 3 is 2.63 bits per heavy atom. The minimum absolute atomic E-state index is 0.0199. The van der Waals surface area contributed by atoms with Crippen molar-refractivity contribution in [3.8, 4) is 0 Å². The number of hydrogen-bond donors (Lipinski definition) is 2. The second-order valence-corrected chi connectivity index (χ2v) is 6.84. The van der Waals surface area contributed by atoms with Gasteiger partial charge in [-0.05, 0) is 24.8 Å². The summed E-state index contributed by atoms with van der Waals surface area (Å²) in [6.07, 6.45) is 4.96. The number of likely N-dealkylation sites (tertiary alicyclic amines) is 1. The van der Waals surface area contributed by atoms with Crippen molar-refractivity contribution in [2.24, 2.45) is 0 Å². The van der Waals surface area contributed by atoms with Crippen LogP contribution in [0.5, 0.6) is 0 Å². The number of carboxylic acid groups (broad SMARTS) is 1. The van der Waals surface area contributed by atoms with Gasteiger partial charge in [-0.3, -0.25) is 19.2 Å². The molecule has 2 rings (SSSR count). The molecule has 1 atom stereocenters. The van der Waals surface area contributed by atoms with Gasteiger partial charge in [-0.25, -0.2) is 5.48 Å². The summed E-state index contributed by atoms with van der Waals surface area (Å²) in [5.74, 6) is -0.864. The maximum Gasteiger partial charge on any atom is 0.303 e. The molecule has 0 aliphatic carbocycles. The van der Waals surface area contributed by atoms with Gasteiger partial charge in [0.05, 0.1) is 19.1 Å². The lowest BCUT2D eigenvalue weighted by atomic mass is 10.1. The molecule has 27 heavy (non-hydrogen) atoms. The van der Waals surface area contributed by atoms with E-state index in [1.54, 1.807) is 0 Å². The number of carboxylic acids is 1. The van der Waals surface area contributed by atoms with E-state index >= 15 is 0 Å². The zero-order valence-electron chi connectivity index (χ0n) is 15.6. The number of amides is 2. The van der Waals surface area contributed by atoms with E-state index < -0.39 is 5.97 Å². The molecule has 0 bridgehead atoms. The first-order chi connectivity index (χ1) is 13.1. The maximum atomic E-state index is 12.0. The highest BCUT2D eigenvalue weighted by molar-refractivity contribution is 5.79. The number of hydroxylamine groups is 1. The van der Waals surface area contributed by atoms with E-state index in [4.69, 9.17) is 9.94 Å².